The van der Waals surface area contributed by atoms with Crippen LogP contribution >= 0.6 is 11.6 Å². The van der Waals surface area contributed by atoms with Gasteiger partial charge in [0.15, 0.2) is 0 Å². The Balaban J connectivity index is 4.68. The zero-order valence-electron chi connectivity index (χ0n) is 21.3. The number of ether oxygens (including phenoxy) is 4. The highest BCUT2D eigenvalue weighted by atomic mass is 35.5. The lowest BCUT2D eigenvalue weighted by Crippen LogP contribution is -2.53. The van der Waals surface area contributed by atoms with Crippen LogP contribution in [-0.4, -0.2) is 179 Å². The molecule has 0 heterocycles. The Kier molecular flexibility index (Phi) is 22.4. The van der Waals surface area contributed by atoms with Crippen LogP contribution in [0.25, 0.3) is 0 Å². The van der Waals surface area contributed by atoms with Crippen molar-refractivity contribution in [1.29, 1.82) is 0 Å². The molecular weight excluding hydrogens is 522 g/mol. The van der Waals surface area contributed by atoms with Crippen molar-refractivity contribution in [2.75, 3.05) is 85.2 Å². The van der Waals surface area contributed by atoms with E-state index in [1.807, 2.05) is 0 Å². The lowest BCUT2D eigenvalue weighted by Gasteiger charge is -2.33. The average Bonchev–Trinajstić information content (AvgIpc) is 2.90. The van der Waals surface area contributed by atoms with E-state index in [-0.39, 0.29) is 45.5 Å². The van der Waals surface area contributed by atoms with Crippen molar-refractivity contribution in [1.82, 2.24) is 4.90 Å². The molecule has 9 N–H and O–H groups in total. The molecule has 0 fully saturated rings. The van der Waals surface area contributed by atoms with Crippen LogP contribution in [0.2, 0.25) is 0 Å². The van der Waals surface area contributed by atoms with Crippen LogP contribution < -0.4 is 0 Å². The number of halogens is 1. The van der Waals surface area contributed by atoms with E-state index in [1.54, 1.807) is 0 Å². The molecule has 0 bridgehead atoms. The largest absolute Gasteiger partial charge is 0.396 e. The molecule has 0 aromatic heterocycles. The van der Waals surface area contributed by atoms with E-state index >= 15 is 0 Å². The Bertz CT molecular complexity index is 497. The van der Waals surface area contributed by atoms with Crippen molar-refractivity contribution < 1.29 is 64.9 Å². The first kappa shape index (κ1) is 36.7. The molecule has 0 aromatic rings. The zero-order chi connectivity index (χ0) is 28.2. The summed E-state index contributed by atoms with van der Waals surface area (Å²) in [6, 6.07) is 0.105. The van der Waals surface area contributed by atoms with E-state index in [0.29, 0.717) is 26.4 Å². The van der Waals surface area contributed by atoms with Crippen LogP contribution in [-0.2, 0) is 18.9 Å². The summed E-state index contributed by atoms with van der Waals surface area (Å²) in [4.78, 5) is 1.42. The van der Waals surface area contributed by atoms with Gasteiger partial charge >= 0.3 is 0 Å². The Hall–Kier alpha value is -0.270. The van der Waals surface area contributed by atoms with E-state index in [9.17, 15) is 35.7 Å². The number of rotatable bonds is 25. The number of alkyl halides is 1. The normalized spacial score (nSPS) is 18.8. The van der Waals surface area contributed by atoms with Gasteiger partial charge in [0.05, 0.1) is 71.2 Å². The predicted octanol–water partition coefficient (Wildman–Crippen LogP) is -4.30. The number of hydrogen-bond donors (Lipinski definition) is 9. The fraction of sp³-hybridized carbons (Fsp3) is 1.00. The molecule has 0 spiro atoms. The van der Waals surface area contributed by atoms with Crippen molar-refractivity contribution in [2.45, 2.75) is 49.7 Å². The van der Waals surface area contributed by atoms with Crippen LogP contribution in [0.15, 0.2) is 0 Å². The van der Waals surface area contributed by atoms with Crippen molar-refractivity contribution in [3.8, 4) is 0 Å². The summed E-state index contributed by atoms with van der Waals surface area (Å²) in [7, 11) is 0. The van der Waals surface area contributed by atoms with Gasteiger partial charge in [0, 0.05) is 32.2 Å². The highest BCUT2D eigenvalue weighted by molar-refractivity contribution is 6.17. The van der Waals surface area contributed by atoms with Gasteiger partial charge in [0.2, 0.25) is 0 Å². The Morgan fingerprint density at radius 3 is 1.41 bits per heavy atom. The van der Waals surface area contributed by atoms with Gasteiger partial charge in [-0.25, -0.2) is 0 Å². The van der Waals surface area contributed by atoms with Gasteiger partial charge < -0.3 is 64.9 Å². The topological polar surface area (TPSA) is 222 Å². The first-order chi connectivity index (χ1) is 17.6. The first-order valence-corrected chi connectivity index (χ1v) is 12.7. The van der Waals surface area contributed by atoms with Gasteiger partial charge in [-0.15, -0.1) is 0 Å². The molecule has 0 saturated carbocycles. The molecule has 0 aliphatic rings. The highest BCUT2D eigenvalue weighted by Crippen LogP contribution is 2.13. The number of aliphatic hydroxyl groups is 9. The standard InChI is InChI=1S/C22H46ClNO13/c1-15(12-25)19(30)20(31)16(27)10-24(11-17(28)21(32)22(33)18(29)13-26)2-3-34-4-5-35-6-7-36-8-9-37-14-23/h15-22,25-33H,2-14H2,1H3/t15-,16+,17+,18-,19-,20-,21-,22-/m1/s1. The van der Waals surface area contributed by atoms with E-state index in [1.165, 1.54) is 11.8 Å². The smallest absolute Gasteiger partial charge is 0.120 e. The summed E-state index contributed by atoms with van der Waals surface area (Å²) in [6.45, 7) is 1.92. The molecule has 8 atom stereocenters. The van der Waals surface area contributed by atoms with Gasteiger partial charge in [-0.3, -0.25) is 4.90 Å². The Labute approximate surface area is 222 Å². The molecule has 0 aromatic carbocycles. The molecule has 0 amide bonds. The second-order valence-corrected chi connectivity index (χ2v) is 8.84. The lowest BCUT2D eigenvalue weighted by molar-refractivity contribution is -0.125. The second kappa shape index (κ2) is 22.5. The third-order valence-electron chi connectivity index (χ3n) is 5.58. The van der Waals surface area contributed by atoms with E-state index in [4.69, 9.17) is 40.8 Å². The third kappa shape index (κ3) is 16.4. The number of aliphatic hydroxyl groups excluding tert-OH is 9. The monoisotopic (exact) mass is 567 g/mol. The van der Waals surface area contributed by atoms with Gasteiger partial charge in [-0.05, 0) is 0 Å². The quantitative estimate of drug-likeness (QED) is 0.0376. The minimum absolute atomic E-state index is 0.105. The van der Waals surface area contributed by atoms with Gasteiger partial charge in [-0.2, -0.15) is 0 Å². The molecule has 0 unspecified atom stereocenters. The molecule has 0 aliphatic heterocycles. The highest BCUT2D eigenvalue weighted by Gasteiger charge is 2.33. The van der Waals surface area contributed by atoms with E-state index in [2.05, 4.69) is 0 Å². The summed E-state index contributed by atoms with van der Waals surface area (Å²) in [5.74, 6) is -0.701. The van der Waals surface area contributed by atoms with Crippen molar-refractivity contribution in [3.63, 3.8) is 0 Å². The molecule has 0 rings (SSSR count). The molecular formula is C22H46ClNO13. The van der Waals surface area contributed by atoms with Gasteiger partial charge in [0.25, 0.3) is 0 Å². The van der Waals surface area contributed by atoms with E-state index < -0.39 is 61.9 Å². The minimum Gasteiger partial charge on any atom is -0.396 e. The average molecular weight is 568 g/mol. The van der Waals surface area contributed by atoms with Crippen molar-refractivity contribution in [3.05, 3.63) is 0 Å². The molecule has 15 heteroatoms. The maximum Gasteiger partial charge on any atom is 0.120 e. The number of nitrogens with zero attached hydrogens (tertiary/aromatic N) is 1. The van der Waals surface area contributed by atoms with Crippen LogP contribution in [0, 0.1) is 5.92 Å². The van der Waals surface area contributed by atoms with Gasteiger partial charge in [0.1, 0.15) is 30.5 Å². The van der Waals surface area contributed by atoms with Crippen LogP contribution in [0.1, 0.15) is 6.92 Å². The van der Waals surface area contributed by atoms with Gasteiger partial charge in [-0.1, -0.05) is 18.5 Å². The summed E-state index contributed by atoms with van der Waals surface area (Å²) < 4.78 is 21.0. The summed E-state index contributed by atoms with van der Waals surface area (Å²) >= 11 is 5.37. The fourth-order valence-electron chi connectivity index (χ4n) is 3.15. The lowest BCUT2D eigenvalue weighted by atomic mass is 9.96. The third-order valence-corrected chi connectivity index (χ3v) is 5.73. The van der Waals surface area contributed by atoms with Crippen LogP contribution in [0.5, 0.6) is 0 Å². The maximum atomic E-state index is 10.4. The number of hydrogen-bond acceptors (Lipinski definition) is 14. The summed E-state index contributed by atoms with van der Waals surface area (Å²) in [5, 5.41) is 88.6. The molecule has 37 heavy (non-hydrogen) atoms. The minimum atomic E-state index is -1.82. The summed E-state index contributed by atoms with van der Waals surface area (Å²) in [6.07, 6.45) is -11.4. The second-order valence-electron chi connectivity index (χ2n) is 8.62. The summed E-state index contributed by atoms with van der Waals surface area (Å²) in [5.41, 5.74) is 0. The molecule has 0 aliphatic carbocycles. The molecule has 0 saturated heterocycles. The SMILES string of the molecule is C[C@H](CO)[C@@H](O)[C@H](O)[C@@H](O)CN(CCOCCOCCOCCOCCl)C[C@H](O)[C@@H](O)[C@H](O)[C@H](O)CO. The van der Waals surface area contributed by atoms with E-state index in [0.717, 1.165) is 0 Å². The maximum absolute atomic E-state index is 10.4. The predicted molar refractivity (Wildman–Crippen MR) is 131 cm³/mol. The molecule has 224 valence electrons. The van der Waals surface area contributed by atoms with Crippen molar-refractivity contribution in [2.24, 2.45) is 5.92 Å². The zero-order valence-corrected chi connectivity index (χ0v) is 22.1. The van der Waals surface area contributed by atoms with Crippen LogP contribution in [0.4, 0.5) is 0 Å². The Morgan fingerprint density at radius 1 is 0.568 bits per heavy atom. The van der Waals surface area contributed by atoms with Crippen LogP contribution in [0.3, 0.4) is 0 Å². The first-order valence-electron chi connectivity index (χ1n) is 12.2. The Morgan fingerprint density at radius 2 is 0.973 bits per heavy atom. The molecule has 14 nitrogen and oxygen atoms in total. The van der Waals surface area contributed by atoms with Crippen molar-refractivity contribution >= 4 is 11.6 Å². The molecule has 0 radical (unpaired) electrons. The fourth-order valence-corrected chi connectivity index (χ4v) is 3.25.